The number of carbonyl (C=O) groups excluding carboxylic acids is 1. The first-order valence-electron chi connectivity index (χ1n) is 9.60. The number of halogens is 1. The number of hydrogen-bond donors (Lipinski definition) is 4. The number of hydroxylamine groups is 1. The summed E-state index contributed by atoms with van der Waals surface area (Å²) in [5.41, 5.74) is 2.36. The molecule has 30 heavy (non-hydrogen) atoms. The minimum atomic E-state index is -1.55. The standard InChI is InChI=1S/C21H32FN3O5/c1-7-15(9-8-13(2)22)11-25(20(28)30-21(4,5)6)12-16-10-23-17(19(27)24-29)18(26)14(16)3/h7-10,13,19,24,26-27,29H,11-12H2,1-6H3/b9-8-,15-7+. The van der Waals surface area contributed by atoms with Gasteiger partial charge in [-0.1, -0.05) is 18.2 Å². The summed E-state index contributed by atoms with van der Waals surface area (Å²) in [5, 5.41) is 28.8. The number of nitrogens with zero attached hydrogens (tertiary/aromatic N) is 2. The lowest BCUT2D eigenvalue weighted by Gasteiger charge is -2.28. The van der Waals surface area contributed by atoms with Crippen LogP contribution in [0.3, 0.4) is 0 Å². The Labute approximate surface area is 176 Å². The van der Waals surface area contributed by atoms with Gasteiger partial charge in [0, 0.05) is 12.7 Å². The highest BCUT2D eigenvalue weighted by atomic mass is 19.1. The predicted octanol–water partition coefficient (Wildman–Crippen LogP) is 3.66. The highest BCUT2D eigenvalue weighted by Crippen LogP contribution is 2.28. The summed E-state index contributed by atoms with van der Waals surface area (Å²) in [7, 11) is 0. The van der Waals surface area contributed by atoms with Crippen molar-refractivity contribution in [3.05, 3.63) is 46.8 Å². The van der Waals surface area contributed by atoms with E-state index in [1.807, 2.05) is 0 Å². The second-order valence-electron chi connectivity index (χ2n) is 7.91. The molecule has 0 aromatic carbocycles. The summed E-state index contributed by atoms with van der Waals surface area (Å²) in [6, 6.07) is 0. The third kappa shape index (κ3) is 7.74. The van der Waals surface area contributed by atoms with Gasteiger partial charge in [-0.3, -0.25) is 9.88 Å². The lowest BCUT2D eigenvalue weighted by atomic mass is 10.1. The fraction of sp³-hybridized carbons (Fsp3) is 0.524. The SMILES string of the molecule is C/C=C(\C=C/C(C)F)CN(Cc1cnc(C(O)NO)c(O)c1C)C(=O)OC(C)(C)C. The molecule has 0 radical (unpaired) electrons. The molecule has 2 atom stereocenters. The van der Waals surface area contributed by atoms with Gasteiger partial charge in [-0.25, -0.2) is 9.18 Å². The molecule has 1 aromatic rings. The van der Waals surface area contributed by atoms with Crippen molar-refractivity contribution in [2.45, 2.75) is 66.1 Å². The molecule has 1 rings (SSSR count). The Kier molecular flexibility index (Phi) is 9.41. The molecule has 8 nitrogen and oxygen atoms in total. The van der Waals surface area contributed by atoms with Gasteiger partial charge in [-0.05, 0) is 58.2 Å². The van der Waals surface area contributed by atoms with Crippen molar-refractivity contribution in [2.24, 2.45) is 0 Å². The first kappa shape index (κ1) is 25.5. The largest absolute Gasteiger partial charge is 0.506 e. The number of rotatable bonds is 8. The van der Waals surface area contributed by atoms with E-state index >= 15 is 0 Å². The molecule has 4 N–H and O–H groups in total. The van der Waals surface area contributed by atoms with Crippen LogP contribution in [-0.2, 0) is 11.3 Å². The van der Waals surface area contributed by atoms with Crippen LogP contribution < -0.4 is 5.48 Å². The number of allylic oxidation sites excluding steroid dienone is 2. The normalized spacial score (nSPS) is 14.6. The van der Waals surface area contributed by atoms with Crippen molar-refractivity contribution < 1.29 is 29.3 Å². The molecule has 1 amide bonds. The number of aliphatic hydroxyl groups excluding tert-OH is 1. The van der Waals surface area contributed by atoms with Crippen molar-refractivity contribution in [1.82, 2.24) is 15.4 Å². The summed E-state index contributed by atoms with van der Waals surface area (Å²) in [5.74, 6) is -0.303. The van der Waals surface area contributed by atoms with Gasteiger partial charge in [0.15, 0.2) is 6.23 Å². The zero-order valence-electron chi connectivity index (χ0n) is 18.3. The minimum absolute atomic E-state index is 0.0561. The molecular weight excluding hydrogens is 393 g/mol. The Balaban J connectivity index is 3.23. The van der Waals surface area contributed by atoms with E-state index in [9.17, 15) is 19.4 Å². The third-order valence-corrected chi connectivity index (χ3v) is 4.15. The van der Waals surface area contributed by atoms with Crippen molar-refractivity contribution in [3.8, 4) is 5.75 Å². The molecule has 0 aliphatic rings. The number of hydrogen-bond acceptors (Lipinski definition) is 7. The van der Waals surface area contributed by atoms with Crippen LogP contribution in [0.5, 0.6) is 5.75 Å². The van der Waals surface area contributed by atoms with Crippen LogP contribution in [-0.4, -0.2) is 49.7 Å². The Morgan fingerprint density at radius 3 is 2.57 bits per heavy atom. The van der Waals surface area contributed by atoms with Crippen molar-refractivity contribution in [1.29, 1.82) is 0 Å². The summed E-state index contributed by atoms with van der Waals surface area (Å²) in [4.78, 5) is 18.2. The fourth-order valence-corrected chi connectivity index (χ4v) is 2.50. The number of alkyl halides is 1. The van der Waals surface area contributed by atoms with Gasteiger partial charge in [0.1, 0.15) is 23.2 Å². The molecular formula is C21H32FN3O5. The van der Waals surface area contributed by atoms with E-state index in [0.29, 0.717) is 16.7 Å². The molecule has 1 aromatic heterocycles. The van der Waals surface area contributed by atoms with Crippen LogP contribution in [0, 0.1) is 6.92 Å². The zero-order chi connectivity index (χ0) is 23.1. The van der Waals surface area contributed by atoms with Gasteiger partial charge < -0.3 is 20.2 Å². The van der Waals surface area contributed by atoms with Crippen LogP contribution in [0.15, 0.2) is 30.0 Å². The molecule has 0 saturated carbocycles. The summed E-state index contributed by atoms with van der Waals surface area (Å²) in [6.07, 6.45) is 2.90. The average molecular weight is 426 g/mol. The molecule has 0 bridgehead atoms. The van der Waals surface area contributed by atoms with Gasteiger partial charge in [-0.2, -0.15) is 5.48 Å². The van der Waals surface area contributed by atoms with Crippen LogP contribution >= 0.6 is 0 Å². The van der Waals surface area contributed by atoms with Gasteiger partial charge in [0.25, 0.3) is 0 Å². The number of nitrogens with one attached hydrogen (secondary N) is 1. The number of aliphatic hydroxyl groups is 1. The van der Waals surface area contributed by atoms with Crippen LogP contribution in [0.2, 0.25) is 0 Å². The van der Waals surface area contributed by atoms with Gasteiger partial charge in [-0.15, -0.1) is 0 Å². The van der Waals surface area contributed by atoms with Crippen LogP contribution in [0.25, 0.3) is 0 Å². The first-order valence-corrected chi connectivity index (χ1v) is 9.60. The van der Waals surface area contributed by atoms with E-state index in [1.54, 1.807) is 52.3 Å². The number of ether oxygens (including phenoxy) is 1. The van der Waals surface area contributed by atoms with Gasteiger partial charge >= 0.3 is 6.09 Å². The highest BCUT2D eigenvalue weighted by Gasteiger charge is 2.25. The topological polar surface area (TPSA) is 115 Å². The summed E-state index contributed by atoms with van der Waals surface area (Å²) >= 11 is 0. The number of aromatic hydroxyl groups is 1. The van der Waals surface area contributed by atoms with E-state index in [4.69, 9.17) is 9.94 Å². The van der Waals surface area contributed by atoms with Crippen molar-refractivity contribution in [3.63, 3.8) is 0 Å². The zero-order valence-corrected chi connectivity index (χ0v) is 18.3. The van der Waals surface area contributed by atoms with E-state index < -0.39 is 24.1 Å². The van der Waals surface area contributed by atoms with Crippen molar-refractivity contribution in [2.75, 3.05) is 6.54 Å². The van der Waals surface area contributed by atoms with Gasteiger partial charge in [0.2, 0.25) is 0 Å². The number of aromatic nitrogens is 1. The summed E-state index contributed by atoms with van der Waals surface area (Å²) < 4.78 is 18.7. The molecule has 0 aliphatic heterocycles. The molecule has 1 heterocycles. The Morgan fingerprint density at radius 1 is 1.43 bits per heavy atom. The first-order chi connectivity index (χ1) is 13.9. The average Bonchev–Trinajstić information content (AvgIpc) is 2.65. The lowest BCUT2D eigenvalue weighted by molar-refractivity contribution is -0.00334. The monoisotopic (exact) mass is 425 g/mol. The smallest absolute Gasteiger partial charge is 0.410 e. The molecule has 0 saturated heterocycles. The fourth-order valence-electron chi connectivity index (χ4n) is 2.50. The number of pyridine rings is 1. The highest BCUT2D eigenvalue weighted by molar-refractivity contribution is 5.69. The van der Waals surface area contributed by atoms with E-state index in [0.717, 1.165) is 0 Å². The maximum Gasteiger partial charge on any atom is 0.410 e. The second kappa shape index (κ2) is 11.1. The maximum absolute atomic E-state index is 13.2. The Bertz CT molecular complexity index is 788. The van der Waals surface area contributed by atoms with Crippen LogP contribution in [0.1, 0.15) is 57.7 Å². The maximum atomic E-state index is 13.2. The quantitative estimate of drug-likeness (QED) is 0.285. The Hall–Kier alpha value is -2.49. The number of carbonyl (C=O) groups is 1. The molecule has 168 valence electrons. The van der Waals surface area contributed by atoms with Gasteiger partial charge in [0.05, 0.1) is 6.54 Å². The van der Waals surface area contributed by atoms with E-state index in [-0.39, 0.29) is 24.5 Å². The Morgan fingerprint density at radius 2 is 2.07 bits per heavy atom. The second-order valence-corrected chi connectivity index (χ2v) is 7.91. The predicted molar refractivity (Wildman–Crippen MR) is 111 cm³/mol. The molecule has 0 aliphatic carbocycles. The number of amides is 1. The molecule has 2 unspecified atom stereocenters. The van der Waals surface area contributed by atoms with Crippen molar-refractivity contribution >= 4 is 6.09 Å². The molecule has 9 heteroatoms. The molecule has 0 fully saturated rings. The van der Waals surface area contributed by atoms with E-state index in [1.165, 1.54) is 24.1 Å². The summed E-state index contributed by atoms with van der Waals surface area (Å²) in [6.45, 7) is 10.3. The van der Waals surface area contributed by atoms with E-state index in [2.05, 4.69) is 4.98 Å². The minimum Gasteiger partial charge on any atom is -0.506 e. The molecule has 0 spiro atoms. The lowest BCUT2D eigenvalue weighted by Crippen LogP contribution is -2.37. The third-order valence-electron chi connectivity index (χ3n) is 4.15. The van der Waals surface area contributed by atoms with Crippen LogP contribution in [0.4, 0.5) is 9.18 Å².